The lowest BCUT2D eigenvalue weighted by Crippen LogP contribution is -2.36. The quantitative estimate of drug-likeness (QED) is 0.589. The first-order chi connectivity index (χ1) is 12.6. The van der Waals surface area contributed by atoms with Gasteiger partial charge in [-0.3, -0.25) is 15.0 Å². The third kappa shape index (κ3) is 4.27. The molecule has 0 radical (unpaired) electrons. The number of ether oxygens (including phenoxy) is 1. The van der Waals surface area contributed by atoms with Crippen LogP contribution < -0.4 is 26.5 Å². The molecule has 1 amide bonds. The number of aromatic nitrogens is 2. The lowest BCUT2D eigenvalue weighted by atomic mass is 9.94. The minimum absolute atomic E-state index is 0.0446. The second-order valence-corrected chi connectivity index (χ2v) is 6.25. The maximum Gasteiger partial charge on any atom is 0.251 e. The van der Waals surface area contributed by atoms with Crippen molar-refractivity contribution in [2.45, 2.75) is 19.4 Å². The van der Waals surface area contributed by atoms with Gasteiger partial charge in [0.2, 0.25) is 5.91 Å². The molecule has 4 N–H and O–H groups in total. The standard InChI is InChI=1S/C18H23N5O3/c1-11-21-13(9-16(24)22-11)6-7-19-18(25)15-10-20-23-17(15)12-4-3-5-14(8-12)26-2/h3-5,8-9,15,17,20,23H,6-7,10H2,1-2H3,(H,19,25)(H,21,22,24). The summed E-state index contributed by atoms with van der Waals surface area (Å²) < 4.78 is 5.26. The van der Waals surface area contributed by atoms with Gasteiger partial charge in [0.15, 0.2) is 0 Å². The number of methoxy groups -OCH3 is 1. The molecule has 1 fully saturated rings. The molecule has 26 heavy (non-hydrogen) atoms. The Labute approximate surface area is 151 Å². The summed E-state index contributed by atoms with van der Waals surface area (Å²) in [5.74, 6) is 1.04. The highest BCUT2D eigenvalue weighted by Gasteiger charge is 2.33. The van der Waals surface area contributed by atoms with Gasteiger partial charge in [0.05, 0.1) is 19.1 Å². The van der Waals surface area contributed by atoms with Gasteiger partial charge < -0.3 is 15.0 Å². The van der Waals surface area contributed by atoms with Gasteiger partial charge in [-0.15, -0.1) is 0 Å². The van der Waals surface area contributed by atoms with Crippen molar-refractivity contribution >= 4 is 5.91 Å². The van der Waals surface area contributed by atoms with Crippen molar-refractivity contribution in [3.05, 3.63) is 57.8 Å². The molecule has 3 rings (SSSR count). The van der Waals surface area contributed by atoms with E-state index in [-0.39, 0.29) is 23.4 Å². The van der Waals surface area contributed by atoms with Crippen molar-refractivity contribution in [2.75, 3.05) is 20.2 Å². The second-order valence-electron chi connectivity index (χ2n) is 6.25. The van der Waals surface area contributed by atoms with Gasteiger partial charge in [0, 0.05) is 31.3 Å². The van der Waals surface area contributed by atoms with Crippen molar-refractivity contribution in [1.82, 2.24) is 26.1 Å². The number of rotatable bonds is 6. The maximum absolute atomic E-state index is 12.6. The highest BCUT2D eigenvalue weighted by atomic mass is 16.5. The summed E-state index contributed by atoms with van der Waals surface area (Å²) in [4.78, 5) is 30.9. The van der Waals surface area contributed by atoms with Crippen LogP contribution in [0.25, 0.3) is 0 Å². The van der Waals surface area contributed by atoms with Crippen LogP contribution >= 0.6 is 0 Å². The number of carbonyl (C=O) groups excluding carboxylic acids is 1. The molecule has 0 bridgehead atoms. The molecule has 138 valence electrons. The van der Waals surface area contributed by atoms with Crippen LogP contribution in [-0.2, 0) is 11.2 Å². The topological polar surface area (TPSA) is 108 Å². The molecule has 1 saturated heterocycles. The molecule has 1 aromatic heterocycles. The molecule has 1 aromatic carbocycles. The minimum Gasteiger partial charge on any atom is -0.497 e. The highest BCUT2D eigenvalue weighted by Crippen LogP contribution is 2.27. The SMILES string of the molecule is COc1cccc(C2NNCC2C(=O)NCCc2cc(=O)[nH]c(C)n2)c1. The Morgan fingerprint density at radius 1 is 1.38 bits per heavy atom. The molecule has 8 heteroatoms. The number of aryl methyl sites for hydroxylation is 1. The molecular formula is C18H23N5O3. The third-order valence-corrected chi connectivity index (χ3v) is 4.37. The van der Waals surface area contributed by atoms with Crippen LogP contribution in [0, 0.1) is 12.8 Å². The molecule has 0 saturated carbocycles. The van der Waals surface area contributed by atoms with E-state index in [1.165, 1.54) is 6.07 Å². The third-order valence-electron chi connectivity index (χ3n) is 4.37. The molecule has 1 aliphatic rings. The number of aromatic amines is 1. The van der Waals surface area contributed by atoms with Gasteiger partial charge in [-0.1, -0.05) is 12.1 Å². The van der Waals surface area contributed by atoms with Gasteiger partial charge in [-0.05, 0) is 24.6 Å². The maximum atomic E-state index is 12.6. The molecule has 2 atom stereocenters. The van der Waals surface area contributed by atoms with E-state index in [1.807, 2.05) is 24.3 Å². The van der Waals surface area contributed by atoms with E-state index in [0.29, 0.717) is 31.0 Å². The summed E-state index contributed by atoms with van der Waals surface area (Å²) in [5, 5.41) is 2.94. The molecular weight excluding hydrogens is 334 g/mol. The lowest BCUT2D eigenvalue weighted by Gasteiger charge is -2.19. The van der Waals surface area contributed by atoms with E-state index in [2.05, 4.69) is 26.1 Å². The van der Waals surface area contributed by atoms with E-state index >= 15 is 0 Å². The molecule has 0 aliphatic carbocycles. The van der Waals surface area contributed by atoms with Gasteiger partial charge in [0.25, 0.3) is 5.56 Å². The molecule has 0 spiro atoms. The first kappa shape index (κ1) is 18.1. The Bertz CT molecular complexity index is 836. The minimum atomic E-state index is -0.240. The first-order valence-electron chi connectivity index (χ1n) is 8.53. The van der Waals surface area contributed by atoms with Crippen molar-refractivity contribution in [1.29, 1.82) is 0 Å². The molecule has 1 aliphatic heterocycles. The number of H-pyrrole nitrogens is 1. The molecule has 8 nitrogen and oxygen atoms in total. The Morgan fingerprint density at radius 2 is 2.23 bits per heavy atom. The van der Waals surface area contributed by atoms with E-state index in [4.69, 9.17) is 4.74 Å². The Balaban J connectivity index is 1.60. The number of nitrogens with one attached hydrogen (secondary N) is 4. The van der Waals surface area contributed by atoms with Crippen LogP contribution in [0.5, 0.6) is 5.75 Å². The zero-order valence-electron chi connectivity index (χ0n) is 14.8. The fourth-order valence-corrected chi connectivity index (χ4v) is 3.11. The van der Waals surface area contributed by atoms with Gasteiger partial charge in [-0.25, -0.2) is 10.4 Å². The van der Waals surface area contributed by atoms with Crippen LogP contribution in [0.2, 0.25) is 0 Å². The van der Waals surface area contributed by atoms with Crippen molar-refractivity contribution in [2.24, 2.45) is 5.92 Å². The van der Waals surface area contributed by atoms with Crippen molar-refractivity contribution in [3.63, 3.8) is 0 Å². The Morgan fingerprint density at radius 3 is 3.00 bits per heavy atom. The number of amides is 1. The van der Waals surface area contributed by atoms with Crippen LogP contribution in [0.15, 0.2) is 35.1 Å². The summed E-state index contributed by atoms with van der Waals surface area (Å²) in [6.45, 7) is 2.70. The first-order valence-corrected chi connectivity index (χ1v) is 8.53. The monoisotopic (exact) mass is 357 g/mol. The Kier molecular flexibility index (Phi) is 5.65. The lowest BCUT2D eigenvalue weighted by molar-refractivity contribution is -0.124. The van der Waals surface area contributed by atoms with E-state index in [0.717, 1.165) is 11.3 Å². The number of nitrogens with zero attached hydrogens (tertiary/aromatic N) is 1. The predicted molar refractivity (Wildman–Crippen MR) is 96.7 cm³/mol. The fourth-order valence-electron chi connectivity index (χ4n) is 3.11. The predicted octanol–water partition coefficient (Wildman–Crippen LogP) is 0.211. The summed E-state index contributed by atoms with van der Waals surface area (Å²) in [6.07, 6.45) is 0.508. The number of carbonyl (C=O) groups is 1. The summed E-state index contributed by atoms with van der Waals surface area (Å²) in [5.41, 5.74) is 7.68. The highest BCUT2D eigenvalue weighted by molar-refractivity contribution is 5.80. The van der Waals surface area contributed by atoms with Gasteiger partial charge in [0.1, 0.15) is 11.6 Å². The largest absolute Gasteiger partial charge is 0.497 e. The average molecular weight is 357 g/mol. The number of hydrogen-bond acceptors (Lipinski definition) is 6. The van der Waals surface area contributed by atoms with Crippen LogP contribution in [-0.4, -0.2) is 36.1 Å². The average Bonchev–Trinajstić information content (AvgIpc) is 3.11. The number of benzene rings is 1. The molecule has 2 unspecified atom stereocenters. The summed E-state index contributed by atoms with van der Waals surface area (Å²) in [7, 11) is 1.62. The zero-order valence-corrected chi connectivity index (χ0v) is 14.8. The second kappa shape index (κ2) is 8.11. The molecule has 2 heterocycles. The van der Waals surface area contributed by atoms with E-state index < -0.39 is 0 Å². The smallest absolute Gasteiger partial charge is 0.251 e. The number of hydrazine groups is 1. The van der Waals surface area contributed by atoms with Gasteiger partial charge >= 0.3 is 0 Å². The van der Waals surface area contributed by atoms with Gasteiger partial charge in [-0.2, -0.15) is 0 Å². The fraction of sp³-hybridized carbons (Fsp3) is 0.389. The van der Waals surface area contributed by atoms with Crippen LogP contribution in [0.4, 0.5) is 0 Å². The van der Waals surface area contributed by atoms with Crippen molar-refractivity contribution in [3.8, 4) is 5.75 Å². The van der Waals surface area contributed by atoms with Crippen LogP contribution in [0.3, 0.4) is 0 Å². The number of hydrogen-bond donors (Lipinski definition) is 4. The van der Waals surface area contributed by atoms with E-state index in [1.54, 1.807) is 14.0 Å². The summed E-state index contributed by atoms with van der Waals surface area (Å²) in [6, 6.07) is 8.99. The Hall–Kier alpha value is -2.71. The zero-order chi connectivity index (χ0) is 18.5. The van der Waals surface area contributed by atoms with Crippen LogP contribution in [0.1, 0.15) is 23.1 Å². The summed E-state index contributed by atoms with van der Waals surface area (Å²) >= 11 is 0. The molecule has 2 aromatic rings. The van der Waals surface area contributed by atoms with E-state index in [9.17, 15) is 9.59 Å². The van der Waals surface area contributed by atoms with Crippen molar-refractivity contribution < 1.29 is 9.53 Å². The normalized spacial score (nSPS) is 19.3.